The Labute approximate surface area is 144 Å². The number of alkyl halides is 10. The fourth-order valence-corrected chi connectivity index (χ4v) is 0.101. The van der Waals surface area contributed by atoms with Crippen molar-refractivity contribution in [3.8, 4) is 0 Å². The Balaban J connectivity index is -0.0000000372. The minimum Gasteiger partial charge on any atom is -0.255 e. The molecule has 0 spiro atoms. The van der Waals surface area contributed by atoms with E-state index in [4.69, 9.17) is 0 Å². The summed E-state index contributed by atoms with van der Waals surface area (Å²) in [6.45, 7) is -8.69. The minimum absolute atomic E-state index is 0.500. The third-order valence-electron chi connectivity index (χ3n) is 0.645. The van der Waals surface area contributed by atoms with E-state index in [1.165, 1.54) is 0 Å². The van der Waals surface area contributed by atoms with Crippen molar-refractivity contribution in [1.29, 1.82) is 0 Å². The summed E-state index contributed by atoms with van der Waals surface area (Å²) in [7, 11) is 1.00. The summed E-state index contributed by atoms with van der Waals surface area (Å²) in [5.74, 6) is -3.97. The van der Waals surface area contributed by atoms with Crippen LogP contribution < -0.4 is 0 Å². The monoisotopic (exact) mass is 452 g/mol. The zero-order chi connectivity index (χ0) is 23.8. The SMILES string of the molecule is CF.CF.FCC(F)=C(F)F.FCC(F)=C(F)F.FCF.FCF.FCF. The van der Waals surface area contributed by atoms with Crippen molar-refractivity contribution in [2.75, 3.05) is 48.5 Å². The molecule has 0 aliphatic heterocycles. The van der Waals surface area contributed by atoms with Gasteiger partial charge in [-0.15, -0.1) is 0 Å². The lowest BCUT2D eigenvalue weighted by molar-refractivity contribution is 0.295. The van der Waals surface area contributed by atoms with Crippen LogP contribution in [0.5, 0.6) is 0 Å². The van der Waals surface area contributed by atoms with E-state index < -0.39 is 57.9 Å². The van der Waals surface area contributed by atoms with Gasteiger partial charge in [0.1, 0.15) is 13.3 Å². The topological polar surface area (TPSA) is 0 Å². The molecule has 0 nitrogen and oxygen atoms in total. The Morgan fingerprint density at radius 3 is 0.519 bits per heavy atom. The molecule has 0 saturated carbocycles. The molecule has 0 aliphatic rings. The third-order valence-corrected chi connectivity index (χ3v) is 0.645. The number of rotatable bonds is 2. The van der Waals surface area contributed by atoms with Crippen LogP contribution in [0.25, 0.3) is 0 Å². The standard InChI is InChI=1S/2C3H2F4.3CH2F2.2CH3F/c2*4-1-2(5)3(6)7;3*2-1-3;2*1-2/h2*1H2;3*1H2;2*1H3. The first-order valence-corrected chi connectivity index (χ1v) is 5.24. The molecule has 0 unspecified atom stereocenters. The minimum atomic E-state index is -2.58. The highest BCUT2D eigenvalue weighted by atomic mass is 19.3. The number of halogens is 16. The predicted molar refractivity (Wildman–Crippen MR) is 68.0 cm³/mol. The summed E-state index contributed by atoms with van der Waals surface area (Å²) in [4.78, 5) is 0. The summed E-state index contributed by atoms with van der Waals surface area (Å²) in [6.07, 6.45) is -5.16. The van der Waals surface area contributed by atoms with Gasteiger partial charge >= 0.3 is 12.2 Å². The van der Waals surface area contributed by atoms with Crippen molar-refractivity contribution in [2.45, 2.75) is 0 Å². The van der Waals surface area contributed by atoms with Crippen LogP contribution in [0.4, 0.5) is 70.2 Å². The van der Waals surface area contributed by atoms with Crippen molar-refractivity contribution >= 4 is 0 Å². The second kappa shape index (κ2) is 56.3. The molecule has 0 fully saturated rings. The van der Waals surface area contributed by atoms with Crippen LogP contribution in [-0.4, -0.2) is 48.5 Å². The lowest BCUT2D eigenvalue weighted by Crippen LogP contribution is -1.74. The summed E-state index contributed by atoms with van der Waals surface area (Å²) in [5, 5.41) is 0. The molecule has 0 bridgehead atoms. The van der Waals surface area contributed by atoms with E-state index in [1.54, 1.807) is 0 Å². The maximum Gasteiger partial charge on any atom is 0.304 e. The van der Waals surface area contributed by atoms with Crippen LogP contribution in [0.3, 0.4) is 0 Å². The summed E-state index contributed by atoms with van der Waals surface area (Å²) >= 11 is 0. The van der Waals surface area contributed by atoms with E-state index >= 15 is 0 Å². The first kappa shape index (κ1) is 44.6. The molecule has 0 rings (SSSR count). The fourth-order valence-electron chi connectivity index (χ4n) is 0.101. The van der Waals surface area contributed by atoms with Gasteiger partial charge in [-0.1, -0.05) is 0 Å². The van der Waals surface area contributed by atoms with Gasteiger partial charge in [0, 0.05) is 0 Å². The van der Waals surface area contributed by atoms with Gasteiger partial charge in [-0.25, -0.2) is 43.9 Å². The Kier molecular flexibility index (Phi) is 93.2. The van der Waals surface area contributed by atoms with Crippen LogP contribution >= 0.6 is 0 Å². The van der Waals surface area contributed by atoms with Gasteiger partial charge in [-0.05, 0) is 0 Å². The van der Waals surface area contributed by atoms with E-state index in [2.05, 4.69) is 0 Å². The van der Waals surface area contributed by atoms with Crippen LogP contribution in [-0.2, 0) is 0 Å². The first-order valence-electron chi connectivity index (χ1n) is 5.24. The van der Waals surface area contributed by atoms with E-state index in [0.29, 0.717) is 14.4 Å². The van der Waals surface area contributed by atoms with Crippen LogP contribution in [0.15, 0.2) is 23.8 Å². The van der Waals surface area contributed by atoms with Gasteiger partial charge in [0.25, 0.3) is 0 Å². The molecule has 0 aromatic heterocycles. The molecule has 0 aromatic rings. The van der Waals surface area contributed by atoms with Gasteiger partial charge in [-0.3, -0.25) is 8.78 Å². The Bertz CT molecular complexity index is 230. The number of hydrogen-bond acceptors (Lipinski definition) is 0. The zero-order valence-corrected chi connectivity index (χ0v) is 13.6. The largest absolute Gasteiger partial charge is 0.304 e. The molecule has 16 heteroatoms. The van der Waals surface area contributed by atoms with Crippen molar-refractivity contribution in [3.63, 3.8) is 0 Å². The van der Waals surface area contributed by atoms with Crippen molar-refractivity contribution in [3.05, 3.63) is 23.8 Å². The molecular weight excluding hydrogens is 436 g/mol. The summed E-state index contributed by atoms with van der Waals surface area (Å²) in [6, 6.07) is 0. The lowest BCUT2D eigenvalue weighted by atomic mass is 10.6. The highest BCUT2D eigenvalue weighted by Gasteiger charge is 2.01. The quantitative estimate of drug-likeness (QED) is 0.374. The van der Waals surface area contributed by atoms with Crippen molar-refractivity contribution in [2.24, 2.45) is 0 Å². The van der Waals surface area contributed by atoms with Gasteiger partial charge < -0.3 is 0 Å². The highest BCUT2D eigenvalue weighted by molar-refractivity contribution is 4.90. The van der Waals surface area contributed by atoms with Gasteiger partial charge in [0.05, 0.1) is 14.4 Å². The molecule has 0 heterocycles. The molecule has 172 valence electrons. The number of allylic oxidation sites excluding steroid dienone is 2. The molecule has 0 aliphatic carbocycles. The average Bonchev–Trinajstić information content (AvgIpc) is 2.66. The lowest BCUT2D eigenvalue weighted by Gasteiger charge is -1.79. The number of hydrogen-bond donors (Lipinski definition) is 0. The normalized spacial score (nSPS) is 6.89. The van der Waals surface area contributed by atoms with Crippen LogP contribution in [0.1, 0.15) is 0 Å². The second-order valence-corrected chi connectivity index (χ2v) is 1.90. The van der Waals surface area contributed by atoms with Gasteiger partial charge in [-0.2, -0.15) is 17.6 Å². The van der Waals surface area contributed by atoms with E-state index in [-0.39, 0.29) is 0 Å². The molecule has 0 aromatic carbocycles. The molecule has 0 N–H and O–H groups in total. The fraction of sp³-hybridized carbons (Fsp3) is 0.636. The predicted octanol–water partition coefficient (Wildman–Crippen LogP) is 7.89. The summed E-state index contributed by atoms with van der Waals surface area (Å²) in [5.41, 5.74) is 0. The Morgan fingerprint density at radius 1 is 0.407 bits per heavy atom. The smallest absolute Gasteiger partial charge is 0.255 e. The van der Waals surface area contributed by atoms with E-state index in [9.17, 15) is 70.2 Å². The van der Waals surface area contributed by atoms with Crippen molar-refractivity contribution in [1.82, 2.24) is 0 Å². The molecular formula is C11H16F16. The molecule has 0 atom stereocenters. The third kappa shape index (κ3) is 113. The zero-order valence-electron chi connectivity index (χ0n) is 13.6. The highest BCUT2D eigenvalue weighted by Crippen LogP contribution is 2.08. The van der Waals surface area contributed by atoms with Gasteiger partial charge in [0.2, 0.25) is 20.8 Å². The second-order valence-electron chi connectivity index (χ2n) is 1.90. The molecule has 0 radical (unpaired) electrons. The Morgan fingerprint density at radius 2 is 0.519 bits per heavy atom. The van der Waals surface area contributed by atoms with Crippen LogP contribution in [0, 0.1) is 0 Å². The van der Waals surface area contributed by atoms with E-state index in [0.717, 1.165) is 0 Å². The maximum atomic E-state index is 11.0. The molecule has 27 heavy (non-hydrogen) atoms. The van der Waals surface area contributed by atoms with E-state index in [1.807, 2.05) is 0 Å². The summed E-state index contributed by atoms with van der Waals surface area (Å²) < 4.78 is 163. The van der Waals surface area contributed by atoms with Crippen LogP contribution in [0.2, 0.25) is 0 Å². The van der Waals surface area contributed by atoms with Gasteiger partial charge in [0.15, 0.2) is 11.7 Å². The maximum absolute atomic E-state index is 11.0. The Hall–Kier alpha value is -1.64. The molecule has 0 saturated heterocycles. The average molecular weight is 452 g/mol. The molecule has 0 amide bonds. The first-order chi connectivity index (χ1) is 12.6. The van der Waals surface area contributed by atoms with Crippen molar-refractivity contribution < 1.29 is 70.2 Å².